The van der Waals surface area contributed by atoms with E-state index in [4.69, 9.17) is 22.2 Å². The second-order valence-electron chi connectivity index (χ2n) is 3.88. The number of aromatic nitrogens is 1. The van der Waals surface area contributed by atoms with Crippen LogP contribution in [0.2, 0.25) is 5.02 Å². The molecule has 0 aliphatic heterocycles. The normalized spacial score (nSPS) is 10.2. The highest BCUT2D eigenvalue weighted by atomic mass is 35.5. The lowest BCUT2D eigenvalue weighted by Crippen LogP contribution is -2.08. The van der Waals surface area contributed by atoms with E-state index in [2.05, 4.69) is 10.4 Å². The minimum absolute atomic E-state index is 0.387. The molecule has 0 aliphatic rings. The van der Waals surface area contributed by atoms with Crippen molar-refractivity contribution < 1.29 is 4.74 Å². The number of anilines is 1. The van der Waals surface area contributed by atoms with Gasteiger partial charge >= 0.3 is 0 Å². The summed E-state index contributed by atoms with van der Waals surface area (Å²) in [5.41, 5.74) is 5.17. The van der Waals surface area contributed by atoms with E-state index in [-0.39, 0.29) is 0 Å². The van der Waals surface area contributed by atoms with Gasteiger partial charge in [-0.15, -0.1) is 0 Å². The molecule has 0 fully saturated rings. The molecule has 5 heteroatoms. The van der Waals surface area contributed by atoms with Crippen LogP contribution in [0.5, 0.6) is 5.75 Å². The van der Waals surface area contributed by atoms with Gasteiger partial charge in [-0.25, -0.2) is 0 Å². The fraction of sp³-hybridized carbons (Fsp3) is 0.154. The average molecular weight is 264 g/mol. The van der Waals surface area contributed by atoms with Crippen molar-refractivity contribution in [3.05, 3.63) is 52.8 Å². The molecule has 0 spiro atoms. The maximum atomic E-state index is 5.88. The standard InChI is InChI=1S/C13H14ClN3O/c1-9-6-10(14)2-3-13(9)18-8-12-7-11(17-15)4-5-16-12/h2-7H,8,15H2,1H3,(H,16,17). The molecule has 0 saturated carbocycles. The van der Waals surface area contributed by atoms with Crippen molar-refractivity contribution in [2.75, 3.05) is 5.43 Å². The fourth-order valence-electron chi connectivity index (χ4n) is 1.57. The van der Waals surface area contributed by atoms with E-state index in [1.165, 1.54) is 0 Å². The number of nitrogens with one attached hydrogen (secondary N) is 1. The third-order valence-corrected chi connectivity index (χ3v) is 2.73. The van der Waals surface area contributed by atoms with Crippen LogP contribution in [-0.2, 0) is 6.61 Å². The van der Waals surface area contributed by atoms with Crippen LogP contribution >= 0.6 is 11.6 Å². The zero-order chi connectivity index (χ0) is 13.0. The number of rotatable bonds is 4. The lowest BCUT2D eigenvalue weighted by Gasteiger charge is -2.09. The molecule has 0 aliphatic carbocycles. The molecule has 1 heterocycles. The largest absolute Gasteiger partial charge is 0.487 e. The number of nitrogen functional groups attached to an aromatic ring is 1. The Balaban J connectivity index is 2.06. The van der Waals surface area contributed by atoms with Crippen molar-refractivity contribution in [1.29, 1.82) is 0 Å². The van der Waals surface area contributed by atoms with Gasteiger partial charge in [0.2, 0.25) is 0 Å². The van der Waals surface area contributed by atoms with Crippen LogP contribution in [0.1, 0.15) is 11.3 Å². The Bertz CT molecular complexity index is 546. The van der Waals surface area contributed by atoms with E-state index in [0.717, 1.165) is 22.7 Å². The van der Waals surface area contributed by atoms with E-state index < -0.39 is 0 Å². The number of hydrogen-bond acceptors (Lipinski definition) is 4. The van der Waals surface area contributed by atoms with E-state index in [9.17, 15) is 0 Å². The summed E-state index contributed by atoms with van der Waals surface area (Å²) in [6.45, 7) is 2.34. The second kappa shape index (κ2) is 5.71. The second-order valence-corrected chi connectivity index (χ2v) is 4.32. The summed E-state index contributed by atoms with van der Waals surface area (Å²) >= 11 is 5.88. The monoisotopic (exact) mass is 263 g/mol. The summed E-state index contributed by atoms with van der Waals surface area (Å²) in [5.74, 6) is 6.13. The molecule has 1 aromatic carbocycles. The number of ether oxygens (including phenoxy) is 1. The number of nitrogens with zero attached hydrogens (tertiary/aromatic N) is 1. The average Bonchev–Trinajstić information content (AvgIpc) is 2.38. The summed E-state index contributed by atoms with van der Waals surface area (Å²) in [6, 6.07) is 9.14. The van der Waals surface area contributed by atoms with Crippen LogP contribution in [0.3, 0.4) is 0 Å². The third-order valence-electron chi connectivity index (χ3n) is 2.50. The molecule has 0 radical (unpaired) electrons. The number of hydrazine groups is 1. The highest BCUT2D eigenvalue weighted by Crippen LogP contribution is 2.22. The fourth-order valence-corrected chi connectivity index (χ4v) is 1.80. The lowest BCUT2D eigenvalue weighted by molar-refractivity contribution is 0.299. The molecule has 2 rings (SSSR count). The quantitative estimate of drug-likeness (QED) is 0.658. The smallest absolute Gasteiger partial charge is 0.130 e. The molecule has 0 unspecified atom stereocenters. The van der Waals surface area contributed by atoms with Gasteiger partial charge in [-0.3, -0.25) is 10.8 Å². The van der Waals surface area contributed by atoms with Gasteiger partial charge in [0.05, 0.1) is 11.4 Å². The van der Waals surface area contributed by atoms with Crippen LogP contribution in [0.15, 0.2) is 36.5 Å². The van der Waals surface area contributed by atoms with Crippen molar-refractivity contribution in [3.8, 4) is 5.75 Å². The lowest BCUT2D eigenvalue weighted by atomic mass is 10.2. The highest BCUT2D eigenvalue weighted by molar-refractivity contribution is 6.30. The topological polar surface area (TPSA) is 60.2 Å². The SMILES string of the molecule is Cc1cc(Cl)ccc1OCc1cc(NN)ccn1. The predicted octanol–water partition coefficient (Wildman–Crippen LogP) is 2.91. The van der Waals surface area contributed by atoms with Crippen LogP contribution in [0, 0.1) is 6.92 Å². The van der Waals surface area contributed by atoms with Gasteiger partial charge in [-0.2, -0.15) is 0 Å². The Morgan fingerprint density at radius 2 is 2.17 bits per heavy atom. The van der Waals surface area contributed by atoms with Crippen LogP contribution in [-0.4, -0.2) is 4.98 Å². The van der Waals surface area contributed by atoms with Crippen molar-refractivity contribution in [3.63, 3.8) is 0 Å². The van der Waals surface area contributed by atoms with Gasteiger partial charge in [0.25, 0.3) is 0 Å². The maximum absolute atomic E-state index is 5.88. The van der Waals surface area contributed by atoms with Crippen LogP contribution in [0.25, 0.3) is 0 Å². The van der Waals surface area contributed by atoms with Crippen molar-refractivity contribution in [2.45, 2.75) is 13.5 Å². The molecular formula is C13H14ClN3O. The van der Waals surface area contributed by atoms with E-state index in [1.54, 1.807) is 18.3 Å². The predicted molar refractivity (Wildman–Crippen MR) is 72.6 cm³/mol. The number of hydrogen-bond donors (Lipinski definition) is 2. The molecule has 0 atom stereocenters. The van der Waals surface area contributed by atoms with Crippen molar-refractivity contribution in [1.82, 2.24) is 4.98 Å². The third kappa shape index (κ3) is 3.12. The van der Waals surface area contributed by atoms with E-state index in [0.29, 0.717) is 11.6 Å². The Labute approximate surface area is 111 Å². The zero-order valence-corrected chi connectivity index (χ0v) is 10.7. The number of nitrogens with two attached hydrogens (primary N) is 1. The molecular weight excluding hydrogens is 250 g/mol. The molecule has 18 heavy (non-hydrogen) atoms. The van der Waals surface area contributed by atoms with Crippen molar-refractivity contribution >= 4 is 17.3 Å². The number of aryl methyl sites for hydroxylation is 1. The van der Waals surface area contributed by atoms with Gasteiger partial charge in [0.1, 0.15) is 12.4 Å². The summed E-state index contributed by atoms with van der Waals surface area (Å²) in [7, 11) is 0. The first-order chi connectivity index (χ1) is 8.69. The first-order valence-corrected chi connectivity index (χ1v) is 5.87. The Kier molecular flexibility index (Phi) is 4.02. The molecule has 0 amide bonds. The van der Waals surface area contributed by atoms with Gasteiger partial charge in [0, 0.05) is 11.2 Å². The van der Waals surface area contributed by atoms with Crippen molar-refractivity contribution in [2.24, 2.45) is 5.84 Å². The molecule has 1 aromatic heterocycles. The first-order valence-electron chi connectivity index (χ1n) is 5.49. The Hall–Kier alpha value is -1.78. The van der Waals surface area contributed by atoms with E-state index >= 15 is 0 Å². The summed E-state index contributed by atoms with van der Waals surface area (Å²) in [6.07, 6.45) is 1.68. The molecule has 0 saturated heterocycles. The maximum Gasteiger partial charge on any atom is 0.130 e. The van der Waals surface area contributed by atoms with Gasteiger partial charge < -0.3 is 10.2 Å². The van der Waals surface area contributed by atoms with Crippen LogP contribution < -0.4 is 16.0 Å². The number of halogens is 1. The molecule has 0 bridgehead atoms. The minimum atomic E-state index is 0.387. The Morgan fingerprint density at radius 1 is 1.33 bits per heavy atom. The molecule has 94 valence electrons. The van der Waals surface area contributed by atoms with Crippen LogP contribution in [0.4, 0.5) is 5.69 Å². The summed E-state index contributed by atoms with van der Waals surface area (Å²) < 4.78 is 5.69. The van der Waals surface area contributed by atoms with Gasteiger partial charge in [-0.05, 0) is 42.8 Å². The van der Waals surface area contributed by atoms with Gasteiger partial charge in [-0.1, -0.05) is 11.6 Å². The van der Waals surface area contributed by atoms with Gasteiger partial charge in [0.15, 0.2) is 0 Å². The zero-order valence-electron chi connectivity index (χ0n) is 9.98. The Morgan fingerprint density at radius 3 is 2.89 bits per heavy atom. The summed E-state index contributed by atoms with van der Waals surface area (Å²) in [4.78, 5) is 4.20. The summed E-state index contributed by atoms with van der Waals surface area (Å²) in [5, 5.41) is 0.701. The highest BCUT2D eigenvalue weighted by Gasteiger charge is 2.02. The van der Waals surface area contributed by atoms with E-state index in [1.807, 2.05) is 25.1 Å². The molecule has 3 N–H and O–H groups in total. The minimum Gasteiger partial charge on any atom is -0.487 e. The molecule has 4 nitrogen and oxygen atoms in total. The molecule has 2 aromatic rings. The first kappa shape index (κ1) is 12.7. The number of pyridine rings is 1. The number of benzene rings is 1.